The van der Waals surface area contributed by atoms with E-state index >= 15 is 0 Å². The highest BCUT2D eigenvalue weighted by Crippen LogP contribution is 2.29. The SMILES string of the molecule is CN(C)c1ccc2c(Oc3ccc(CC(=O)CCc4ccccc4)cc3)ncnc2c1. The lowest BCUT2D eigenvalue weighted by Crippen LogP contribution is -2.08. The Labute approximate surface area is 182 Å². The number of benzene rings is 3. The van der Waals surface area contributed by atoms with Crippen LogP contribution in [0, 0.1) is 0 Å². The van der Waals surface area contributed by atoms with E-state index in [-0.39, 0.29) is 5.78 Å². The van der Waals surface area contributed by atoms with Crippen LogP contribution >= 0.6 is 0 Å². The normalized spacial score (nSPS) is 10.8. The molecule has 0 fully saturated rings. The van der Waals surface area contributed by atoms with Crippen molar-refractivity contribution in [2.75, 3.05) is 19.0 Å². The Hall–Kier alpha value is -3.73. The zero-order chi connectivity index (χ0) is 21.6. The van der Waals surface area contributed by atoms with Gasteiger partial charge in [-0.2, -0.15) is 0 Å². The minimum absolute atomic E-state index is 0.232. The van der Waals surface area contributed by atoms with Crippen molar-refractivity contribution in [1.29, 1.82) is 0 Å². The van der Waals surface area contributed by atoms with Crippen molar-refractivity contribution in [2.24, 2.45) is 0 Å². The highest BCUT2D eigenvalue weighted by atomic mass is 16.5. The summed E-state index contributed by atoms with van der Waals surface area (Å²) in [6, 6.07) is 23.7. The summed E-state index contributed by atoms with van der Waals surface area (Å²) >= 11 is 0. The summed E-state index contributed by atoms with van der Waals surface area (Å²) in [6.45, 7) is 0. The van der Waals surface area contributed by atoms with E-state index in [1.54, 1.807) is 0 Å². The maximum Gasteiger partial charge on any atom is 0.230 e. The number of hydrogen-bond donors (Lipinski definition) is 0. The Morgan fingerprint density at radius 1 is 0.903 bits per heavy atom. The second kappa shape index (κ2) is 9.39. The Bertz CT molecular complexity index is 1170. The van der Waals surface area contributed by atoms with Gasteiger partial charge >= 0.3 is 0 Å². The van der Waals surface area contributed by atoms with Crippen molar-refractivity contribution in [2.45, 2.75) is 19.3 Å². The van der Waals surface area contributed by atoms with Gasteiger partial charge in [0.1, 0.15) is 17.9 Å². The molecule has 0 spiro atoms. The average molecular weight is 412 g/mol. The third-order valence-corrected chi connectivity index (χ3v) is 5.17. The molecule has 156 valence electrons. The van der Waals surface area contributed by atoms with Crippen LogP contribution in [0.15, 0.2) is 79.1 Å². The lowest BCUT2D eigenvalue weighted by atomic mass is 10.0. The number of carbonyl (C=O) groups excluding carboxylic acids is 1. The molecule has 0 saturated carbocycles. The first kappa shape index (κ1) is 20.5. The Balaban J connectivity index is 1.40. The first-order valence-electron chi connectivity index (χ1n) is 10.3. The van der Waals surface area contributed by atoms with Gasteiger partial charge in [-0.3, -0.25) is 4.79 Å². The Kier molecular flexibility index (Phi) is 6.22. The van der Waals surface area contributed by atoms with Crippen LogP contribution < -0.4 is 9.64 Å². The lowest BCUT2D eigenvalue weighted by molar-refractivity contribution is -0.118. The van der Waals surface area contributed by atoms with Crippen LogP contribution in [0.2, 0.25) is 0 Å². The molecule has 0 atom stereocenters. The molecule has 1 aromatic heterocycles. The number of carbonyl (C=O) groups is 1. The largest absolute Gasteiger partial charge is 0.438 e. The van der Waals surface area contributed by atoms with Gasteiger partial charge in [0.05, 0.1) is 10.9 Å². The monoisotopic (exact) mass is 411 g/mol. The van der Waals surface area contributed by atoms with Gasteiger partial charge in [-0.1, -0.05) is 42.5 Å². The Morgan fingerprint density at radius 3 is 2.42 bits per heavy atom. The van der Waals surface area contributed by atoms with E-state index in [1.165, 1.54) is 11.9 Å². The molecule has 1 heterocycles. The second-order valence-corrected chi connectivity index (χ2v) is 7.72. The van der Waals surface area contributed by atoms with Crippen LogP contribution in [-0.4, -0.2) is 29.8 Å². The Morgan fingerprint density at radius 2 is 1.68 bits per heavy atom. The number of fused-ring (bicyclic) bond motifs is 1. The van der Waals surface area contributed by atoms with Gasteiger partial charge in [0.2, 0.25) is 5.88 Å². The second-order valence-electron chi connectivity index (χ2n) is 7.72. The summed E-state index contributed by atoms with van der Waals surface area (Å²) in [5, 5.41) is 0.855. The van der Waals surface area contributed by atoms with Crippen molar-refractivity contribution < 1.29 is 9.53 Å². The number of anilines is 1. The quantitative estimate of drug-likeness (QED) is 0.397. The average Bonchev–Trinajstić information content (AvgIpc) is 2.79. The minimum Gasteiger partial charge on any atom is -0.438 e. The van der Waals surface area contributed by atoms with Crippen molar-refractivity contribution in [1.82, 2.24) is 9.97 Å². The highest BCUT2D eigenvalue weighted by Gasteiger charge is 2.09. The summed E-state index contributed by atoms with van der Waals surface area (Å²) in [7, 11) is 3.99. The number of ketones is 1. The van der Waals surface area contributed by atoms with Gasteiger partial charge in [-0.05, 0) is 47.9 Å². The molecule has 0 aliphatic carbocycles. The van der Waals surface area contributed by atoms with Crippen LogP contribution in [0.25, 0.3) is 10.9 Å². The van der Waals surface area contributed by atoms with E-state index in [0.717, 1.165) is 28.6 Å². The maximum absolute atomic E-state index is 12.3. The van der Waals surface area contributed by atoms with Crippen LogP contribution in [0.3, 0.4) is 0 Å². The molecule has 4 rings (SSSR count). The van der Waals surface area contributed by atoms with Crippen molar-refractivity contribution >= 4 is 22.4 Å². The molecule has 5 nitrogen and oxygen atoms in total. The van der Waals surface area contributed by atoms with Crippen molar-refractivity contribution in [3.63, 3.8) is 0 Å². The van der Waals surface area contributed by atoms with Gasteiger partial charge in [0.25, 0.3) is 0 Å². The van der Waals surface area contributed by atoms with Crippen molar-refractivity contribution in [3.05, 3.63) is 90.3 Å². The fourth-order valence-electron chi connectivity index (χ4n) is 3.41. The van der Waals surface area contributed by atoms with Gasteiger partial charge in [0, 0.05) is 32.6 Å². The molecule has 4 aromatic rings. The molecule has 0 bridgehead atoms. The number of aryl methyl sites for hydroxylation is 1. The zero-order valence-corrected chi connectivity index (χ0v) is 17.8. The number of rotatable bonds is 8. The molecule has 0 N–H and O–H groups in total. The van der Waals surface area contributed by atoms with Crippen LogP contribution in [0.5, 0.6) is 11.6 Å². The molecule has 0 aliphatic heterocycles. The first-order chi connectivity index (χ1) is 15.1. The molecule has 0 aliphatic rings. The summed E-state index contributed by atoms with van der Waals surface area (Å²) in [5.41, 5.74) is 4.07. The number of Topliss-reactive ketones (excluding diaryl/α,β-unsaturated/α-hetero) is 1. The number of hydrogen-bond acceptors (Lipinski definition) is 5. The van der Waals surface area contributed by atoms with E-state index in [0.29, 0.717) is 24.5 Å². The third kappa shape index (κ3) is 5.25. The summed E-state index contributed by atoms with van der Waals surface area (Å²) < 4.78 is 6.01. The molecular formula is C26H25N3O2. The molecule has 0 saturated heterocycles. The van der Waals surface area contributed by atoms with Gasteiger partial charge in [-0.25, -0.2) is 9.97 Å². The predicted molar refractivity (Wildman–Crippen MR) is 124 cm³/mol. The maximum atomic E-state index is 12.3. The van der Waals surface area contributed by atoms with Gasteiger partial charge in [0.15, 0.2) is 0 Å². The molecule has 31 heavy (non-hydrogen) atoms. The predicted octanol–water partition coefficient (Wildman–Crippen LogP) is 5.23. The van der Waals surface area contributed by atoms with Gasteiger partial charge < -0.3 is 9.64 Å². The van der Waals surface area contributed by atoms with E-state index in [9.17, 15) is 4.79 Å². The van der Waals surface area contributed by atoms with Crippen molar-refractivity contribution in [3.8, 4) is 11.6 Å². The van der Waals surface area contributed by atoms with E-state index in [1.807, 2.05) is 79.7 Å². The van der Waals surface area contributed by atoms with E-state index < -0.39 is 0 Å². The lowest BCUT2D eigenvalue weighted by Gasteiger charge is -2.13. The summed E-state index contributed by atoms with van der Waals surface area (Å²) in [6.07, 6.45) is 3.26. The van der Waals surface area contributed by atoms with Crippen LogP contribution in [-0.2, 0) is 17.6 Å². The number of ether oxygens (including phenoxy) is 1. The molecule has 0 radical (unpaired) electrons. The molecule has 3 aromatic carbocycles. The summed E-state index contributed by atoms with van der Waals surface area (Å²) in [5.74, 6) is 1.43. The van der Waals surface area contributed by atoms with Crippen LogP contribution in [0.4, 0.5) is 5.69 Å². The summed E-state index contributed by atoms with van der Waals surface area (Å²) in [4.78, 5) is 23.0. The fourth-order valence-corrected chi connectivity index (χ4v) is 3.41. The highest BCUT2D eigenvalue weighted by molar-refractivity contribution is 5.86. The third-order valence-electron chi connectivity index (χ3n) is 5.17. The minimum atomic E-state index is 0.232. The van der Waals surface area contributed by atoms with E-state index in [2.05, 4.69) is 22.1 Å². The molecule has 0 unspecified atom stereocenters. The molecular weight excluding hydrogens is 386 g/mol. The topological polar surface area (TPSA) is 55.3 Å². The molecule has 5 heteroatoms. The van der Waals surface area contributed by atoms with Gasteiger partial charge in [-0.15, -0.1) is 0 Å². The number of aromatic nitrogens is 2. The first-order valence-corrected chi connectivity index (χ1v) is 10.3. The molecule has 0 amide bonds. The standard InChI is InChI=1S/C26H25N3O2/c1-29(2)21-11-15-24-25(17-21)27-18-28-26(24)31-23-13-9-20(10-14-23)16-22(30)12-8-19-6-4-3-5-7-19/h3-7,9-11,13-15,17-18H,8,12,16H2,1-2H3. The number of nitrogens with zero attached hydrogens (tertiary/aromatic N) is 3. The fraction of sp³-hybridized carbons (Fsp3) is 0.192. The van der Waals surface area contributed by atoms with Crippen LogP contribution in [0.1, 0.15) is 17.5 Å². The zero-order valence-electron chi connectivity index (χ0n) is 17.8. The smallest absolute Gasteiger partial charge is 0.230 e. The van der Waals surface area contributed by atoms with E-state index in [4.69, 9.17) is 4.74 Å².